The second kappa shape index (κ2) is 18.5. The van der Waals surface area contributed by atoms with E-state index in [1.165, 1.54) is 102 Å². The lowest BCUT2D eigenvalue weighted by Crippen LogP contribution is -2.14. The van der Waals surface area contributed by atoms with Crippen molar-refractivity contribution >= 4 is 18.9 Å². The van der Waals surface area contributed by atoms with Crippen molar-refractivity contribution in [1.82, 2.24) is 0 Å². The average Bonchev–Trinajstić information content (AvgIpc) is 2.59. The molecule has 0 saturated carbocycles. The summed E-state index contributed by atoms with van der Waals surface area (Å²) >= 11 is 6.26. The van der Waals surface area contributed by atoms with Crippen LogP contribution in [0, 0.1) is 0 Å². The van der Waals surface area contributed by atoms with E-state index in [0.717, 1.165) is 5.88 Å². The molecule has 0 atom stereocenters. The first kappa shape index (κ1) is 24.7. The molecule has 0 nitrogen and oxygen atoms in total. The van der Waals surface area contributed by atoms with Gasteiger partial charge in [-0.3, -0.25) is 0 Å². The molecule has 0 bridgehead atoms. The summed E-state index contributed by atoms with van der Waals surface area (Å²) in [5, 5.41) is 0. The summed E-state index contributed by atoms with van der Waals surface area (Å²) in [6.45, 7) is 6.97. The SMILES string of the molecule is CCCCCCCC[P+](CCCl)(CCCC)CCCCCCCC. The second-order valence-corrected chi connectivity index (χ2v) is 12.7. The zero-order valence-corrected chi connectivity index (χ0v) is 18.9. The molecule has 0 heterocycles. The molecule has 0 N–H and O–H groups in total. The third kappa shape index (κ3) is 13.9. The highest BCUT2D eigenvalue weighted by molar-refractivity contribution is 7.76. The predicted molar refractivity (Wildman–Crippen MR) is 119 cm³/mol. The number of rotatable bonds is 19. The van der Waals surface area contributed by atoms with Gasteiger partial charge in [-0.2, -0.15) is 0 Å². The lowest BCUT2D eigenvalue weighted by Gasteiger charge is -2.27. The molecule has 0 spiro atoms. The Morgan fingerprint density at radius 2 is 0.833 bits per heavy atom. The van der Waals surface area contributed by atoms with Crippen LogP contribution in [-0.2, 0) is 0 Å². The molecule has 0 radical (unpaired) electrons. The first-order valence-corrected chi connectivity index (χ1v) is 14.2. The molecule has 0 aromatic carbocycles. The minimum atomic E-state index is -0.756. The van der Waals surface area contributed by atoms with Crippen molar-refractivity contribution in [1.29, 1.82) is 0 Å². The van der Waals surface area contributed by atoms with Crippen molar-refractivity contribution in [2.45, 2.75) is 111 Å². The van der Waals surface area contributed by atoms with Gasteiger partial charge < -0.3 is 0 Å². The average molecular weight is 378 g/mol. The van der Waals surface area contributed by atoms with E-state index in [2.05, 4.69) is 20.8 Å². The smallest absolute Gasteiger partial charge is 0.0729 e. The molecule has 2 heteroatoms. The molecule has 0 aliphatic rings. The van der Waals surface area contributed by atoms with E-state index >= 15 is 0 Å². The highest BCUT2D eigenvalue weighted by atomic mass is 35.5. The molecule has 0 unspecified atom stereocenters. The number of alkyl halides is 1. The Morgan fingerprint density at radius 3 is 1.25 bits per heavy atom. The first-order chi connectivity index (χ1) is 11.7. The third-order valence-corrected chi connectivity index (χ3v) is 10.9. The molecule has 0 fully saturated rings. The summed E-state index contributed by atoms with van der Waals surface area (Å²) in [5.41, 5.74) is 0. The zero-order chi connectivity index (χ0) is 17.9. The summed E-state index contributed by atoms with van der Waals surface area (Å²) in [6, 6.07) is 0. The topological polar surface area (TPSA) is 0 Å². The second-order valence-electron chi connectivity index (χ2n) is 7.81. The van der Waals surface area contributed by atoms with Crippen molar-refractivity contribution in [3.8, 4) is 0 Å². The standard InChI is InChI=1S/C22H47ClP/c1-4-7-10-12-14-16-20-24(22-18-23,19-9-6-3)21-17-15-13-11-8-5-2/h4-22H2,1-3H3/q+1. The van der Waals surface area contributed by atoms with E-state index in [1.54, 1.807) is 12.3 Å². The van der Waals surface area contributed by atoms with Gasteiger partial charge in [0.05, 0.1) is 30.5 Å². The van der Waals surface area contributed by atoms with Crippen LogP contribution in [0.5, 0.6) is 0 Å². The maximum absolute atomic E-state index is 6.26. The van der Waals surface area contributed by atoms with Gasteiger partial charge in [0.2, 0.25) is 0 Å². The van der Waals surface area contributed by atoms with Gasteiger partial charge in [-0.05, 0) is 32.1 Å². The Balaban J connectivity index is 4.23. The number of hydrogen-bond donors (Lipinski definition) is 0. The van der Waals surface area contributed by atoms with Crippen molar-refractivity contribution in [3.63, 3.8) is 0 Å². The fourth-order valence-corrected chi connectivity index (χ4v) is 9.35. The van der Waals surface area contributed by atoms with Gasteiger partial charge in [-0.1, -0.05) is 78.6 Å². The van der Waals surface area contributed by atoms with Gasteiger partial charge in [-0.15, -0.1) is 11.6 Å². The zero-order valence-electron chi connectivity index (χ0n) is 17.3. The maximum Gasteiger partial charge on any atom is 0.0729 e. The fourth-order valence-electron chi connectivity index (χ4n) is 3.80. The van der Waals surface area contributed by atoms with Crippen LogP contribution in [0.15, 0.2) is 0 Å². The lowest BCUT2D eigenvalue weighted by molar-refractivity contribution is 0.620. The van der Waals surface area contributed by atoms with Crippen LogP contribution in [0.25, 0.3) is 0 Å². The number of unbranched alkanes of at least 4 members (excludes halogenated alkanes) is 11. The van der Waals surface area contributed by atoms with Gasteiger partial charge in [0.15, 0.2) is 0 Å². The van der Waals surface area contributed by atoms with Crippen LogP contribution in [0.3, 0.4) is 0 Å². The van der Waals surface area contributed by atoms with Crippen LogP contribution in [0.4, 0.5) is 0 Å². The van der Waals surface area contributed by atoms with E-state index in [1.807, 2.05) is 0 Å². The molecule has 0 rings (SSSR count). The first-order valence-electron chi connectivity index (χ1n) is 11.2. The molecule has 0 aromatic heterocycles. The van der Waals surface area contributed by atoms with Crippen molar-refractivity contribution in [2.75, 3.05) is 30.5 Å². The quantitative estimate of drug-likeness (QED) is 0.120. The predicted octanol–water partition coefficient (Wildman–Crippen LogP) is 8.76. The Bertz CT molecular complexity index is 226. The van der Waals surface area contributed by atoms with E-state index in [-0.39, 0.29) is 0 Å². The Morgan fingerprint density at radius 1 is 0.458 bits per heavy atom. The van der Waals surface area contributed by atoms with Gasteiger partial charge in [0.1, 0.15) is 0 Å². The Kier molecular flexibility index (Phi) is 19.1. The fraction of sp³-hybridized carbons (Fsp3) is 1.00. The Labute approximate surface area is 160 Å². The minimum Gasteiger partial charge on any atom is -0.123 e. The molecule has 0 aliphatic carbocycles. The lowest BCUT2D eigenvalue weighted by atomic mass is 10.1. The third-order valence-electron chi connectivity index (χ3n) is 5.52. The normalized spacial score (nSPS) is 12.0. The highest BCUT2D eigenvalue weighted by Gasteiger charge is 2.34. The molecule has 0 aliphatic heterocycles. The molecular formula is C22H47ClP+. The molecule has 0 aromatic rings. The summed E-state index contributed by atoms with van der Waals surface area (Å²) in [6.07, 6.45) is 26.0. The summed E-state index contributed by atoms with van der Waals surface area (Å²) in [4.78, 5) is 0. The summed E-state index contributed by atoms with van der Waals surface area (Å²) in [5.74, 6) is 0.906. The molecule has 0 amide bonds. The van der Waals surface area contributed by atoms with Crippen molar-refractivity contribution in [3.05, 3.63) is 0 Å². The summed E-state index contributed by atoms with van der Waals surface area (Å²) < 4.78 is 0. The molecular weight excluding hydrogens is 331 g/mol. The van der Waals surface area contributed by atoms with Crippen molar-refractivity contribution < 1.29 is 0 Å². The van der Waals surface area contributed by atoms with Gasteiger partial charge in [0.25, 0.3) is 0 Å². The van der Waals surface area contributed by atoms with Crippen LogP contribution >= 0.6 is 18.9 Å². The monoisotopic (exact) mass is 377 g/mol. The van der Waals surface area contributed by atoms with Crippen LogP contribution in [-0.4, -0.2) is 30.5 Å². The Hall–Kier alpha value is 0.720. The van der Waals surface area contributed by atoms with E-state index in [0.29, 0.717) is 0 Å². The van der Waals surface area contributed by atoms with E-state index < -0.39 is 7.26 Å². The maximum atomic E-state index is 6.26. The number of halogens is 1. The molecule has 146 valence electrons. The van der Waals surface area contributed by atoms with E-state index in [9.17, 15) is 0 Å². The van der Waals surface area contributed by atoms with Crippen LogP contribution in [0.1, 0.15) is 111 Å². The van der Waals surface area contributed by atoms with Gasteiger partial charge in [-0.25, -0.2) is 0 Å². The van der Waals surface area contributed by atoms with Crippen LogP contribution in [0.2, 0.25) is 0 Å². The molecule has 0 saturated heterocycles. The van der Waals surface area contributed by atoms with Crippen molar-refractivity contribution in [2.24, 2.45) is 0 Å². The number of hydrogen-bond acceptors (Lipinski definition) is 0. The van der Waals surface area contributed by atoms with E-state index in [4.69, 9.17) is 11.6 Å². The van der Waals surface area contributed by atoms with Crippen LogP contribution < -0.4 is 0 Å². The summed E-state index contributed by atoms with van der Waals surface area (Å²) in [7, 11) is -0.756. The van der Waals surface area contributed by atoms with Gasteiger partial charge >= 0.3 is 0 Å². The molecule has 24 heavy (non-hydrogen) atoms. The minimum absolute atomic E-state index is 0.756. The largest absolute Gasteiger partial charge is 0.123 e. The highest BCUT2D eigenvalue weighted by Crippen LogP contribution is 2.60. The van der Waals surface area contributed by atoms with Gasteiger partial charge in [0, 0.05) is 7.26 Å².